The van der Waals surface area contributed by atoms with Crippen molar-refractivity contribution in [3.8, 4) is 0 Å². The molecule has 0 saturated carbocycles. The van der Waals surface area contributed by atoms with E-state index >= 15 is 0 Å². The van der Waals surface area contributed by atoms with Crippen LogP contribution in [0.2, 0.25) is 0 Å². The Morgan fingerprint density at radius 1 is 1.38 bits per heavy atom. The summed E-state index contributed by atoms with van der Waals surface area (Å²) >= 11 is 1.37. The smallest absolute Gasteiger partial charge is 0.341 e. The summed E-state index contributed by atoms with van der Waals surface area (Å²) in [6, 6.07) is 5.16. The van der Waals surface area contributed by atoms with Gasteiger partial charge >= 0.3 is 5.97 Å². The first kappa shape index (κ1) is 18.4. The number of thioether (sulfide) groups is 1. The van der Waals surface area contributed by atoms with Gasteiger partial charge in [0.15, 0.2) is 6.10 Å². The summed E-state index contributed by atoms with van der Waals surface area (Å²) in [6.07, 6.45) is 2.80. The number of ether oxygens (including phenoxy) is 1. The molecule has 0 aromatic carbocycles. The molecule has 0 aliphatic carbocycles. The molecule has 7 nitrogen and oxygen atoms in total. The first-order valence-electron chi connectivity index (χ1n) is 8.54. The minimum Gasteiger partial charge on any atom is -0.449 e. The monoisotopic (exact) mass is 375 g/mol. The number of pyridine rings is 1. The third-order valence-electron chi connectivity index (χ3n) is 4.07. The maximum Gasteiger partial charge on any atom is 0.341 e. The molecule has 26 heavy (non-hydrogen) atoms. The zero-order valence-electron chi connectivity index (χ0n) is 14.8. The van der Waals surface area contributed by atoms with E-state index in [1.807, 2.05) is 13.0 Å². The lowest BCUT2D eigenvalue weighted by molar-refractivity contribution is -0.138. The van der Waals surface area contributed by atoms with Crippen molar-refractivity contribution in [3.05, 3.63) is 41.4 Å². The van der Waals surface area contributed by atoms with E-state index in [1.165, 1.54) is 11.8 Å². The maximum atomic E-state index is 12.5. The summed E-state index contributed by atoms with van der Waals surface area (Å²) < 4.78 is 10.4. The molecule has 1 aliphatic rings. The SMILES string of the molecule is Cc1cc(CSc2ncccc2C(=O)O[C@@H](C)C(=O)N2CCCC2)no1. The van der Waals surface area contributed by atoms with Gasteiger partial charge in [0.2, 0.25) is 0 Å². The molecule has 1 amide bonds. The number of nitrogens with zero attached hydrogens (tertiary/aromatic N) is 3. The first-order chi connectivity index (χ1) is 12.5. The Labute approximate surface area is 156 Å². The van der Waals surface area contributed by atoms with Crippen LogP contribution in [-0.4, -0.2) is 46.1 Å². The van der Waals surface area contributed by atoms with Crippen molar-refractivity contribution in [1.82, 2.24) is 15.0 Å². The lowest BCUT2D eigenvalue weighted by Crippen LogP contribution is -2.38. The summed E-state index contributed by atoms with van der Waals surface area (Å²) in [7, 11) is 0. The number of carbonyl (C=O) groups excluding carboxylic acids is 2. The van der Waals surface area contributed by atoms with Gasteiger partial charge in [0.1, 0.15) is 10.8 Å². The lowest BCUT2D eigenvalue weighted by atomic mass is 10.3. The normalized spacial score (nSPS) is 15.1. The summed E-state index contributed by atoms with van der Waals surface area (Å²) in [5.74, 6) is 0.566. The van der Waals surface area contributed by atoms with Crippen LogP contribution in [-0.2, 0) is 15.3 Å². The minimum atomic E-state index is -0.808. The summed E-state index contributed by atoms with van der Waals surface area (Å²) in [5, 5.41) is 4.47. The largest absolute Gasteiger partial charge is 0.449 e. The van der Waals surface area contributed by atoms with Gasteiger partial charge < -0.3 is 14.2 Å². The van der Waals surface area contributed by atoms with E-state index in [9.17, 15) is 9.59 Å². The molecule has 2 aromatic rings. The standard InChI is InChI=1S/C18H21N3O4S/c1-12-10-14(20-25-12)11-26-16-15(6-5-7-19-16)18(23)24-13(2)17(22)21-8-3-4-9-21/h5-7,10,13H,3-4,8-9,11H2,1-2H3/t13-/m0/s1. The Balaban J connectivity index is 1.64. The van der Waals surface area contributed by atoms with Gasteiger partial charge in [0, 0.05) is 31.1 Å². The number of hydrogen-bond acceptors (Lipinski definition) is 7. The molecule has 1 aliphatic heterocycles. The highest BCUT2D eigenvalue weighted by molar-refractivity contribution is 7.98. The van der Waals surface area contributed by atoms with E-state index in [0.717, 1.165) is 37.4 Å². The Bertz CT molecular complexity index is 786. The number of likely N-dealkylation sites (tertiary alicyclic amines) is 1. The van der Waals surface area contributed by atoms with Crippen molar-refractivity contribution in [1.29, 1.82) is 0 Å². The maximum absolute atomic E-state index is 12.5. The molecule has 0 radical (unpaired) electrons. The average Bonchev–Trinajstić information content (AvgIpc) is 3.31. The number of carbonyl (C=O) groups is 2. The number of aromatic nitrogens is 2. The van der Waals surface area contributed by atoms with Crippen LogP contribution in [0.4, 0.5) is 0 Å². The molecule has 138 valence electrons. The lowest BCUT2D eigenvalue weighted by Gasteiger charge is -2.20. The van der Waals surface area contributed by atoms with Crippen LogP contribution in [0, 0.1) is 6.92 Å². The van der Waals surface area contributed by atoms with Gasteiger partial charge in [-0.15, -0.1) is 0 Å². The van der Waals surface area contributed by atoms with Crippen molar-refractivity contribution in [3.63, 3.8) is 0 Å². The summed E-state index contributed by atoms with van der Waals surface area (Å²) in [4.78, 5) is 30.8. The van der Waals surface area contributed by atoms with Crippen molar-refractivity contribution >= 4 is 23.6 Å². The fourth-order valence-corrected chi connectivity index (χ4v) is 3.62. The van der Waals surface area contributed by atoms with Gasteiger partial charge in [0.05, 0.1) is 11.3 Å². The van der Waals surface area contributed by atoms with E-state index in [4.69, 9.17) is 9.26 Å². The summed E-state index contributed by atoms with van der Waals surface area (Å²) in [6.45, 7) is 4.89. The van der Waals surface area contributed by atoms with Crippen molar-refractivity contribution < 1.29 is 18.8 Å². The molecule has 0 bridgehead atoms. The molecule has 1 atom stereocenters. The molecule has 3 rings (SSSR count). The van der Waals surface area contributed by atoms with Crippen LogP contribution >= 0.6 is 11.8 Å². The highest BCUT2D eigenvalue weighted by Crippen LogP contribution is 2.25. The number of hydrogen-bond donors (Lipinski definition) is 0. The molecular weight excluding hydrogens is 354 g/mol. The highest BCUT2D eigenvalue weighted by atomic mass is 32.2. The molecule has 8 heteroatoms. The average molecular weight is 375 g/mol. The minimum absolute atomic E-state index is 0.146. The molecule has 0 spiro atoms. The van der Waals surface area contributed by atoms with Crippen LogP contribution in [0.5, 0.6) is 0 Å². The zero-order valence-corrected chi connectivity index (χ0v) is 15.6. The Hall–Kier alpha value is -2.35. The Morgan fingerprint density at radius 3 is 2.85 bits per heavy atom. The van der Waals surface area contributed by atoms with Crippen LogP contribution in [0.15, 0.2) is 33.9 Å². The van der Waals surface area contributed by atoms with Crippen molar-refractivity contribution in [2.24, 2.45) is 0 Å². The predicted molar refractivity (Wildman–Crippen MR) is 95.7 cm³/mol. The van der Waals surface area contributed by atoms with Gasteiger partial charge in [0.25, 0.3) is 5.91 Å². The molecule has 3 heterocycles. The van der Waals surface area contributed by atoms with Crippen LogP contribution in [0.1, 0.15) is 41.6 Å². The Kier molecular flexibility index (Phi) is 5.92. The summed E-state index contributed by atoms with van der Waals surface area (Å²) in [5.41, 5.74) is 1.12. The van der Waals surface area contributed by atoms with Gasteiger partial charge in [-0.1, -0.05) is 16.9 Å². The van der Waals surface area contributed by atoms with Crippen LogP contribution < -0.4 is 0 Å². The number of aryl methyl sites for hydroxylation is 1. The molecule has 0 N–H and O–H groups in total. The zero-order chi connectivity index (χ0) is 18.5. The third kappa shape index (κ3) is 4.43. The first-order valence-corrected chi connectivity index (χ1v) is 9.53. The van der Waals surface area contributed by atoms with Gasteiger partial charge in [-0.2, -0.15) is 0 Å². The molecule has 1 fully saturated rings. The molecule has 1 saturated heterocycles. The van der Waals surface area contributed by atoms with E-state index in [2.05, 4.69) is 10.1 Å². The Morgan fingerprint density at radius 2 is 2.15 bits per heavy atom. The second kappa shape index (κ2) is 8.35. The molecular formula is C18H21N3O4S. The molecule has 2 aromatic heterocycles. The second-order valence-electron chi connectivity index (χ2n) is 6.15. The molecule has 0 unspecified atom stereocenters. The fraction of sp³-hybridized carbons (Fsp3) is 0.444. The van der Waals surface area contributed by atoms with Crippen molar-refractivity contribution in [2.45, 2.75) is 43.6 Å². The topological polar surface area (TPSA) is 85.5 Å². The number of rotatable bonds is 6. The van der Waals surface area contributed by atoms with Crippen molar-refractivity contribution in [2.75, 3.05) is 13.1 Å². The third-order valence-corrected chi connectivity index (χ3v) is 5.11. The number of esters is 1. The van der Waals surface area contributed by atoms with Gasteiger partial charge in [-0.3, -0.25) is 4.79 Å². The van der Waals surface area contributed by atoms with Crippen LogP contribution in [0.25, 0.3) is 0 Å². The number of amides is 1. The van der Waals surface area contributed by atoms with E-state index in [-0.39, 0.29) is 5.91 Å². The predicted octanol–water partition coefficient (Wildman–Crippen LogP) is 2.84. The van der Waals surface area contributed by atoms with E-state index in [1.54, 1.807) is 30.2 Å². The highest BCUT2D eigenvalue weighted by Gasteiger charge is 2.27. The van der Waals surface area contributed by atoms with Gasteiger partial charge in [-0.05, 0) is 38.8 Å². The van der Waals surface area contributed by atoms with Crippen LogP contribution in [0.3, 0.4) is 0 Å². The second-order valence-corrected chi connectivity index (χ2v) is 7.12. The van der Waals surface area contributed by atoms with E-state index in [0.29, 0.717) is 16.3 Å². The van der Waals surface area contributed by atoms with Gasteiger partial charge in [-0.25, -0.2) is 9.78 Å². The quantitative estimate of drug-likeness (QED) is 0.567. The van der Waals surface area contributed by atoms with E-state index < -0.39 is 12.1 Å². The fourth-order valence-electron chi connectivity index (χ4n) is 2.76.